The number of benzene rings is 1. The van der Waals surface area contributed by atoms with Gasteiger partial charge in [0.05, 0.1) is 22.3 Å². The van der Waals surface area contributed by atoms with Crippen molar-refractivity contribution in [1.82, 2.24) is 10.3 Å². The lowest BCUT2D eigenvalue weighted by Crippen LogP contribution is -2.35. The lowest BCUT2D eigenvalue weighted by atomic mass is 9.97. The van der Waals surface area contributed by atoms with Crippen molar-refractivity contribution in [2.75, 3.05) is 23.7 Å². The molecule has 1 aliphatic rings. The lowest BCUT2D eigenvalue weighted by Gasteiger charge is -2.22. The van der Waals surface area contributed by atoms with Crippen LogP contribution in [0, 0.1) is 17.2 Å². The summed E-state index contributed by atoms with van der Waals surface area (Å²) in [7, 11) is 0. The van der Waals surface area contributed by atoms with E-state index in [9.17, 15) is 9.59 Å². The van der Waals surface area contributed by atoms with Gasteiger partial charge in [0.2, 0.25) is 5.91 Å². The zero-order valence-electron chi connectivity index (χ0n) is 15.6. The Labute approximate surface area is 173 Å². The summed E-state index contributed by atoms with van der Waals surface area (Å²) in [5.74, 6) is -0.283. The van der Waals surface area contributed by atoms with Crippen LogP contribution in [0.1, 0.15) is 28.8 Å². The van der Waals surface area contributed by atoms with Crippen molar-refractivity contribution in [3.8, 4) is 6.07 Å². The van der Waals surface area contributed by atoms with Crippen LogP contribution in [-0.2, 0) is 4.79 Å². The highest BCUT2D eigenvalue weighted by Gasteiger charge is 2.23. The third kappa shape index (κ3) is 5.64. The Morgan fingerprint density at radius 2 is 2.00 bits per heavy atom. The minimum absolute atomic E-state index is 0.0942. The third-order valence-electron chi connectivity index (χ3n) is 4.58. The number of rotatable bonds is 5. The molecule has 3 rings (SSSR count). The molecule has 2 aromatic rings. The Morgan fingerprint density at radius 3 is 2.69 bits per heavy atom. The number of halogens is 1. The normalized spacial score (nSPS) is 14.3. The summed E-state index contributed by atoms with van der Waals surface area (Å²) in [5.41, 5.74) is 1.36. The average Bonchev–Trinajstić information content (AvgIpc) is 2.75. The van der Waals surface area contributed by atoms with Crippen molar-refractivity contribution < 1.29 is 9.59 Å². The van der Waals surface area contributed by atoms with Crippen molar-refractivity contribution in [2.45, 2.75) is 12.8 Å². The monoisotopic (exact) mass is 409 g/mol. The molecule has 0 spiro atoms. The maximum atomic E-state index is 12.9. The number of hydrogen-bond acceptors (Lipinski definition) is 5. The molecule has 29 heavy (non-hydrogen) atoms. The van der Waals surface area contributed by atoms with Crippen LogP contribution in [0.4, 0.5) is 11.5 Å². The van der Waals surface area contributed by atoms with Crippen LogP contribution >= 0.6 is 11.6 Å². The van der Waals surface area contributed by atoms with E-state index in [4.69, 9.17) is 16.9 Å². The number of carbonyl (C=O) groups excluding carboxylic acids is 2. The standard InChI is InChI=1S/C21H20ClN5O2/c22-16-4-6-19(25-13-16)27-21(29)17-12-14(2-1-9-23)3-5-18(17)26-20(28)15-7-10-24-11-8-15/h1-6,12-13,15,24H,7-8,10-11H2,(H,26,28)(H,25,27,29)/b2-1+. The van der Waals surface area contributed by atoms with E-state index in [1.54, 1.807) is 36.4 Å². The molecule has 0 unspecified atom stereocenters. The first kappa shape index (κ1) is 20.5. The highest BCUT2D eigenvalue weighted by atomic mass is 35.5. The summed E-state index contributed by atoms with van der Waals surface area (Å²) < 4.78 is 0. The second kappa shape index (κ2) is 9.82. The Balaban J connectivity index is 1.85. The van der Waals surface area contributed by atoms with Crippen molar-refractivity contribution in [1.29, 1.82) is 5.26 Å². The molecule has 0 aliphatic carbocycles. The predicted octanol–water partition coefficient (Wildman–Crippen LogP) is 3.46. The van der Waals surface area contributed by atoms with E-state index in [0.717, 1.165) is 25.9 Å². The van der Waals surface area contributed by atoms with E-state index < -0.39 is 5.91 Å². The van der Waals surface area contributed by atoms with Gasteiger partial charge in [-0.15, -0.1) is 0 Å². The summed E-state index contributed by atoms with van der Waals surface area (Å²) in [4.78, 5) is 29.6. The largest absolute Gasteiger partial charge is 0.325 e. The average molecular weight is 410 g/mol. The van der Waals surface area contributed by atoms with Gasteiger partial charge >= 0.3 is 0 Å². The Bertz CT molecular complexity index is 960. The van der Waals surface area contributed by atoms with Crippen LogP contribution in [0.15, 0.2) is 42.6 Å². The molecule has 3 N–H and O–H groups in total. The summed E-state index contributed by atoms with van der Waals surface area (Å²) >= 11 is 5.83. The number of amides is 2. The Kier molecular flexibility index (Phi) is 6.95. The van der Waals surface area contributed by atoms with Crippen molar-refractivity contribution in [3.63, 3.8) is 0 Å². The second-order valence-electron chi connectivity index (χ2n) is 6.60. The van der Waals surface area contributed by atoms with Crippen molar-refractivity contribution in [2.24, 2.45) is 5.92 Å². The molecule has 148 valence electrons. The van der Waals surface area contributed by atoms with Crippen LogP contribution < -0.4 is 16.0 Å². The number of nitriles is 1. The van der Waals surface area contributed by atoms with Crippen LogP contribution in [0.5, 0.6) is 0 Å². The minimum Gasteiger partial charge on any atom is -0.325 e. The number of carbonyl (C=O) groups is 2. The lowest BCUT2D eigenvalue weighted by molar-refractivity contribution is -0.120. The molecule has 0 saturated carbocycles. The first-order chi connectivity index (χ1) is 14.1. The smallest absolute Gasteiger partial charge is 0.258 e. The number of aromatic nitrogens is 1. The summed E-state index contributed by atoms with van der Waals surface area (Å²) in [6, 6.07) is 10.2. The molecular weight excluding hydrogens is 390 g/mol. The van der Waals surface area contributed by atoms with Gasteiger partial charge < -0.3 is 16.0 Å². The minimum atomic E-state index is -0.423. The number of hydrogen-bond donors (Lipinski definition) is 3. The maximum absolute atomic E-state index is 12.9. The molecule has 1 fully saturated rings. The van der Waals surface area contributed by atoms with E-state index in [-0.39, 0.29) is 17.4 Å². The van der Waals surface area contributed by atoms with Crippen LogP contribution in [0.25, 0.3) is 6.08 Å². The number of allylic oxidation sites excluding steroid dienone is 1. The SMILES string of the molecule is N#C/C=C/c1ccc(NC(=O)C2CCNCC2)c(C(=O)Nc2ccc(Cl)cn2)c1. The van der Waals surface area contributed by atoms with Gasteiger partial charge in [0.1, 0.15) is 5.82 Å². The quantitative estimate of drug-likeness (QED) is 0.655. The van der Waals surface area contributed by atoms with E-state index in [1.165, 1.54) is 12.3 Å². The number of anilines is 2. The fraction of sp³-hybridized carbons (Fsp3) is 0.238. The van der Waals surface area contributed by atoms with E-state index >= 15 is 0 Å². The summed E-state index contributed by atoms with van der Waals surface area (Å²) in [6.45, 7) is 1.59. The number of nitrogens with one attached hydrogen (secondary N) is 3. The fourth-order valence-corrected chi connectivity index (χ4v) is 3.16. The highest BCUT2D eigenvalue weighted by molar-refractivity contribution is 6.30. The van der Waals surface area contributed by atoms with Crippen molar-refractivity contribution >= 4 is 41.0 Å². The van der Waals surface area contributed by atoms with Crippen LogP contribution in [-0.4, -0.2) is 29.9 Å². The zero-order valence-corrected chi connectivity index (χ0v) is 16.4. The maximum Gasteiger partial charge on any atom is 0.258 e. The fourth-order valence-electron chi connectivity index (χ4n) is 3.05. The molecule has 2 amide bonds. The zero-order chi connectivity index (χ0) is 20.6. The van der Waals surface area contributed by atoms with E-state index in [1.807, 2.05) is 6.07 Å². The molecule has 1 aromatic carbocycles. The predicted molar refractivity (Wildman–Crippen MR) is 113 cm³/mol. The van der Waals surface area contributed by atoms with E-state index in [0.29, 0.717) is 22.1 Å². The highest BCUT2D eigenvalue weighted by Crippen LogP contribution is 2.23. The molecular formula is C21H20ClN5O2. The molecule has 0 bridgehead atoms. The van der Waals surface area contributed by atoms with Gasteiger partial charge in [0.25, 0.3) is 5.91 Å². The van der Waals surface area contributed by atoms with Gasteiger partial charge in [0, 0.05) is 18.2 Å². The molecule has 7 nitrogen and oxygen atoms in total. The van der Waals surface area contributed by atoms with Gasteiger partial charge in [-0.05, 0) is 61.8 Å². The van der Waals surface area contributed by atoms with E-state index in [2.05, 4.69) is 20.9 Å². The Hall–Kier alpha value is -3.21. The molecule has 1 saturated heterocycles. The van der Waals surface area contributed by atoms with Gasteiger partial charge in [-0.3, -0.25) is 9.59 Å². The topological polar surface area (TPSA) is 107 Å². The Morgan fingerprint density at radius 1 is 1.21 bits per heavy atom. The summed E-state index contributed by atoms with van der Waals surface area (Å²) in [6.07, 6.45) is 5.86. The first-order valence-electron chi connectivity index (χ1n) is 9.21. The van der Waals surface area contributed by atoms with Crippen LogP contribution in [0.3, 0.4) is 0 Å². The first-order valence-corrected chi connectivity index (χ1v) is 9.59. The molecule has 1 aliphatic heterocycles. The number of pyridine rings is 1. The number of nitrogens with zero attached hydrogens (tertiary/aromatic N) is 2. The second-order valence-corrected chi connectivity index (χ2v) is 7.03. The van der Waals surface area contributed by atoms with Gasteiger partial charge in [-0.25, -0.2) is 4.98 Å². The molecule has 0 atom stereocenters. The van der Waals surface area contributed by atoms with Gasteiger partial charge in [0.15, 0.2) is 0 Å². The molecule has 1 aromatic heterocycles. The summed E-state index contributed by atoms with van der Waals surface area (Å²) in [5, 5.41) is 18.0. The molecule has 2 heterocycles. The van der Waals surface area contributed by atoms with Crippen molar-refractivity contribution in [3.05, 3.63) is 58.8 Å². The van der Waals surface area contributed by atoms with Gasteiger partial charge in [-0.2, -0.15) is 5.26 Å². The third-order valence-corrected chi connectivity index (χ3v) is 4.80. The molecule has 8 heteroatoms. The molecule has 0 radical (unpaired) electrons. The van der Waals surface area contributed by atoms with Gasteiger partial charge in [-0.1, -0.05) is 17.7 Å². The number of piperidine rings is 1. The van der Waals surface area contributed by atoms with Crippen LogP contribution in [0.2, 0.25) is 5.02 Å².